The summed E-state index contributed by atoms with van der Waals surface area (Å²) in [5.74, 6) is 1.58. The van der Waals surface area contributed by atoms with Gasteiger partial charge in [-0.05, 0) is 31.0 Å². The lowest BCUT2D eigenvalue weighted by Gasteiger charge is -2.13. The summed E-state index contributed by atoms with van der Waals surface area (Å²) in [7, 11) is 1.24. The monoisotopic (exact) mass is 322 g/mol. The van der Waals surface area contributed by atoms with Gasteiger partial charge in [-0.1, -0.05) is 37.7 Å². The van der Waals surface area contributed by atoms with Crippen LogP contribution in [-0.4, -0.2) is 35.2 Å². The summed E-state index contributed by atoms with van der Waals surface area (Å²) in [6, 6.07) is 7.61. The lowest BCUT2D eigenvalue weighted by Crippen LogP contribution is -2.12. The van der Waals surface area contributed by atoms with Crippen LogP contribution in [0.1, 0.15) is 18.9 Å². The molecule has 124 valence electrons. The molecular formula is C18H30O3Si. The first-order chi connectivity index (χ1) is 10.6. The van der Waals surface area contributed by atoms with Gasteiger partial charge in [0.25, 0.3) is 0 Å². The number of aryl methyl sites for hydroxylation is 1. The molecule has 0 amide bonds. The number of hydrogen-bond acceptors (Lipinski definition) is 3. The van der Waals surface area contributed by atoms with E-state index in [4.69, 9.17) is 14.2 Å². The molecule has 0 aromatic heterocycles. The average Bonchev–Trinajstić information content (AvgIpc) is 2.51. The molecule has 22 heavy (non-hydrogen) atoms. The Kier molecular flexibility index (Phi) is 8.93. The molecule has 1 atom stereocenters. The summed E-state index contributed by atoms with van der Waals surface area (Å²) in [5, 5.41) is 0. The molecule has 0 saturated carbocycles. The van der Waals surface area contributed by atoms with Gasteiger partial charge in [-0.3, -0.25) is 0 Å². The minimum absolute atomic E-state index is 0.0531. The molecule has 0 fully saturated rings. The molecular weight excluding hydrogens is 292 g/mol. The highest BCUT2D eigenvalue weighted by Gasteiger charge is 2.07. The Morgan fingerprint density at radius 1 is 1.23 bits per heavy atom. The van der Waals surface area contributed by atoms with Gasteiger partial charge < -0.3 is 14.2 Å². The van der Waals surface area contributed by atoms with E-state index in [1.807, 2.05) is 13.0 Å². The number of hydrogen-bond donors (Lipinski definition) is 0. The molecule has 0 saturated heterocycles. The van der Waals surface area contributed by atoms with E-state index >= 15 is 0 Å². The molecule has 0 bridgehead atoms. The van der Waals surface area contributed by atoms with Crippen LogP contribution >= 0.6 is 0 Å². The normalized spacial score (nSPS) is 12.2. The zero-order valence-corrected chi connectivity index (χ0v) is 15.6. The molecule has 0 radical (unpaired) electrons. The van der Waals surface area contributed by atoms with Crippen LogP contribution in [0.15, 0.2) is 30.9 Å². The van der Waals surface area contributed by atoms with Gasteiger partial charge in [0.05, 0.1) is 19.8 Å². The van der Waals surface area contributed by atoms with Crippen molar-refractivity contribution in [2.24, 2.45) is 0 Å². The van der Waals surface area contributed by atoms with E-state index in [-0.39, 0.29) is 6.10 Å². The summed E-state index contributed by atoms with van der Waals surface area (Å²) in [6.07, 6.45) is 4.20. The highest BCUT2D eigenvalue weighted by Crippen LogP contribution is 2.28. The maximum absolute atomic E-state index is 5.74. The highest BCUT2D eigenvalue weighted by molar-refractivity contribution is 6.55. The van der Waals surface area contributed by atoms with Crippen molar-refractivity contribution < 1.29 is 14.2 Å². The van der Waals surface area contributed by atoms with E-state index < -0.39 is 8.80 Å². The largest absolute Gasteiger partial charge is 0.493 e. The quantitative estimate of drug-likeness (QED) is 0.349. The molecule has 1 unspecified atom stereocenters. The van der Waals surface area contributed by atoms with Crippen LogP contribution in [0.3, 0.4) is 0 Å². The fraction of sp³-hybridized carbons (Fsp3) is 0.556. The Hall–Kier alpha value is -1.26. The molecule has 0 aliphatic carbocycles. The highest BCUT2D eigenvalue weighted by atomic mass is 28.3. The summed E-state index contributed by atoms with van der Waals surface area (Å²) in [5.41, 5.74) is 1.32. The zero-order valence-electron chi connectivity index (χ0n) is 14.4. The Bertz CT molecular complexity index is 446. The smallest absolute Gasteiger partial charge is 0.161 e. The summed E-state index contributed by atoms with van der Waals surface area (Å²) >= 11 is 0. The predicted octanol–water partition coefficient (Wildman–Crippen LogP) is 4.08. The minimum atomic E-state index is -0.449. The van der Waals surface area contributed by atoms with Crippen molar-refractivity contribution in [2.45, 2.75) is 45.0 Å². The number of methoxy groups -OCH3 is 1. The number of benzene rings is 1. The van der Waals surface area contributed by atoms with Gasteiger partial charge in [-0.2, -0.15) is 0 Å². The van der Waals surface area contributed by atoms with Crippen molar-refractivity contribution in [2.75, 3.05) is 20.3 Å². The second-order valence-electron chi connectivity index (χ2n) is 5.93. The van der Waals surface area contributed by atoms with Gasteiger partial charge in [-0.25, -0.2) is 0 Å². The van der Waals surface area contributed by atoms with Gasteiger partial charge >= 0.3 is 0 Å². The van der Waals surface area contributed by atoms with Crippen LogP contribution in [0.5, 0.6) is 11.5 Å². The number of ether oxygens (including phenoxy) is 3. The predicted molar refractivity (Wildman–Crippen MR) is 96.1 cm³/mol. The van der Waals surface area contributed by atoms with Gasteiger partial charge in [0.2, 0.25) is 0 Å². The first kappa shape index (κ1) is 18.8. The van der Waals surface area contributed by atoms with E-state index in [0.717, 1.165) is 17.9 Å². The van der Waals surface area contributed by atoms with Crippen LogP contribution < -0.4 is 9.47 Å². The first-order valence-corrected chi connectivity index (χ1v) is 11.2. The summed E-state index contributed by atoms with van der Waals surface area (Å²) in [6.45, 7) is 11.5. The van der Waals surface area contributed by atoms with Gasteiger partial charge in [0.15, 0.2) is 11.5 Å². The fourth-order valence-corrected chi connectivity index (χ4v) is 3.18. The van der Waals surface area contributed by atoms with Crippen LogP contribution in [0, 0.1) is 0 Å². The Labute approximate surface area is 136 Å². The lowest BCUT2D eigenvalue weighted by atomic mass is 10.1. The second kappa shape index (κ2) is 10.5. The summed E-state index contributed by atoms with van der Waals surface area (Å²) < 4.78 is 16.7. The third-order valence-electron chi connectivity index (χ3n) is 3.53. The van der Waals surface area contributed by atoms with Crippen molar-refractivity contribution in [1.82, 2.24) is 0 Å². The van der Waals surface area contributed by atoms with Gasteiger partial charge in [0, 0.05) is 8.80 Å². The molecule has 0 aliphatic rings. The maximum Gasteiger partial charge on any atom is 0.161 e. The Morgan fingerprint density at radius 3 is 2.64 bits per heavy atom. The van der Waals surface area contributed by atoms with Crippen LogP contribution in [-0.2, 0) is 11.2 Å². The summed E-state index contributed by atoms with van der Waals surface area (Å²) in [4.78, 5) is 0. The molecule has 0 spiro atoms. The van der Waals surface area contributed by atoms with E-state index in [2.05, 4.69) is 31.8 Å². The van der Waals surface area contributed by atoms with Crippen LogP contribution in [0.2, 0.25) is 19.1 Å². The molecule has 1 aromatic rings. The minimum Gasteiger partial charge on any atom is -0.493 e. The molecule has 4 heteroatoms. The molecule has 0 heterocycles. The van der Waals surface area contributed by atoms with E-state index in [0.29, 0.717) is 13.2 Å². The Morgan fingerprint density at radius 2 is 2.00 bits per heavy atom. The fourth-order valence-electron chi connectivity index (χ4n) is 2.15. The molecule has 0 aliphatic heterocycles. The third-order valence-corrected chi connectivity index (χ3v) is 5.09. The van der Waals surface area contributed by atoms with Crippen molar-refractivity contribution in [3.63, 3.8) is 0 Å². The van der Waals surface area contributed by atoms with Crippen molar-refractivity contribution in [1.29, 1.82) is 0 Å². The topological polar surface area (TPSA) is 27.7 Å². The molecule has 1 rings (SSSR count). The van der Waals surface area contributed by atoms with Crippen molar-refractivity contribution in [3.8, 4) is 11.5 Å². The van der Waals surface area contributed by atoms with Gasteiger partial charge in [0.1, 0.15) is 6.61 Å². The van der Waals surface area contributed by atoms with Crippen LogP contribution in [0.4, 0.5) is 0 Å². The third kappa shape index (κ3) is 7.14. The lowest BCUT2D eigenvalue weighted by molar-refractivity contribution is 0.0700. The molecule has 0 N–H and O–H groups in total. The van der Waals surface area contributed by atoms with Gasteiger partial charge in [-0.15, -0.1) is 6.58 Å². The van der Waals surface area contributed by atoms with E-state index in [1.54, 1.807) is 13.2 Å². The SMILES string of the molecule is C=CC(C)OCCOc1ccc(CCC[SiH](C)C)cc1OC. The standard InChI is InChI=1S/C18H30O3Si/c1-6-15(2)20-11-12-21-17-10-9-16(14-18(17)19-3)8-7-13-22(4)5/h6,9-10,14-15,22H,1,7-8,11-13H2,2-5H3. The Balaban J connectivity index is 2.48. The first-order valence-electron chi connectivity index (χ1n) is 8.10. The number of rotatable bonds is 11. The average molecular weight is 323 g/mol. The molecule has 3 nitrogen and oxygen atoms in total. The van der Waals surface area contributed by atoms with E-state index in [1.165, 1.54) is 18.0 Å². The van der Waals surface area contributed by atoms with Crippen molar-refractivity contribution >= 4 is 8.80 Å². The molecule has 1 aromatic carbocycles. The second-order valence-corrected chi connectivity index (χ2v) is 9.30. The zero-order chi connectivity index (χ0) is 16.4. The van der Waals surface area contributed by atoms with E-state index in [9.17, 15) is 0 Å². The van der Waals surface area contributed by atoms with Crippen LogP contribution in [0.25, 0.3) is 0 Å². The van der Waals surface area contributed by atoms with Crippen molar-refractivity contribution in [3.05, 3.63) is 36.4 Å². The maximum atomic E-state index is 5.74.